The highest BCUT2D eigenvalue weighted by Gasteiger charge is 2.47. The highest BCUT2D eigenvalue weighted by molar-refractivity contribution is 5.88. The second-order valence-electron chi connectivity index (χ2n) is 14.0. The molecular formula is C38H52O16. The minimum atomic E-state index is -1.95. The van der Waals surface area contributed by atoms with E-state index in [9.17, 15) is 48.9 Å². The Hall–Kier alpha value is -4.83. The highest BCUT2D eigenvalue weighted by atomic mass is 16.6. The number of carboxylic acids is 1. The average molecular weight is 765 g/mol. The van der Waals surface area contributed by atoms with Gasteiger partial charge in [0, 0.05) is 28.2 Å². The molecule has 2 aliphatic rings. The van der Waals surface area contributed by atoms with Crippen molar-refractivity contribution in [1.82, 2.24) is 0 Å². The molecule has 0 spiro atoms. The number of aliphatic hydroxyl groups is 2. The van der Waals surface area contributed by atoms with Crippen molar-refractivity contribution in [3.8, 4) is 0 Å². The number of rotatable bonds is 19. The molecule has 16 heteroatoms. The van der Waals surface area contributed by atoms with E-state index >= 15 is 0 Å². The third kappa shape index (κ3) is 13.9. The summed E-state index contributed by atoms with van der Waals surface area (Å²) in [5.74, 6) is -10.9. The van der Waals surface area contributed by atoms with Gasteiger partial charge in [0.1, 0.15) is 26.4 Å². The van der Waals surface area contributed by atoms with E-state index in [-0.39, 0.29) is 59.8 Å². The van der Waals surface area contributed by atoms with Gasteiger partial charge in [0.2, 0.25) is 0 Å². The molecule has 3 N–H and O–H groups in total. The summed E-state index contributed by atoms with van der Waals surface area (Å²) in [6, 6.07) is 0. The van der Waals surface area contributed by atoms with E-state index in [1.165, 1.54) is 27.7 Å². The average Bonchev–Trinajstić information content (AvgIpc) is 3.11. The van der Waals surface area contributed by atoms with Crippen LogP contribution in [-0.4, -0.2) is 102 Å². The zero-order valence-electron chi connectivity index (χ0n) is 31.2. The summed E-state index contributed by atoms with van der Waals surface area (Å²) in [6.07, 6.45) is -3.30. The third-order valence-corrected chi connectivity index (χ3v) is 9.36. The number of hydrogen-bond acceptors (Lipinski definition) is 15. The number of carbonyl (C=O) groups is 7. The normalized spacial score (nSPS) is 22.4. The molecule has 2 rings (SSSR count). The van der Waals surface area contributed by atoms with Crippen LogP contribution in [0.15, 0.2) is 48.6 Å². The van der Waals surface area contributed by atoms with Gasteiger partial charge in [-0.05, 0) is 78.1 Å². The van der Waals surface area contributed by atoms with E-state index in [4.69, 9.17) is 28.4 Å². The Labute approximate surface area is 314 Å². The van der Waals surface area contributed by atoms with Crippen molar-refractivity contribution in [2.45, 2.75) is 84.7 Å². The Morgan fingerprint density at radius 3 is 1.20 bits per heavy atom. The Bertz CT molecular complexity index is 1420. The molecule has 6 atom stereocenters. The molecular weight excluding hydrogens is 712 g/mol. The molecule has 0 aliphatic heterocycles. The van der Waals surface area contributed by atoms with Crippen molar-refractivity contribution in [3.05, 3.63) is 48.6 Å². The zero-order chi connectivity index (χ0) is 40.9. The maximum absolute atomic E-state index is 13.6. The first-order valence-electron chi connectivity index (χ1n) is 17.5. The van der Waals surface area contributed by atoms with Gasteiger partial charge in [-0.1, -0.05) is 26.3 Å². The molecule has 0 aromatic carbocycles. The molecule has 54 heavy (non-hydrogen) atoms. The van der Waals surface area contributed by atoms with Crippen LogP contribution in [0.1, 0.15) is 66.2 Å². The lowest BCUT2D eigenvalue weighted by Crippen LogP contribution is -2.45. The van der Waals surface area contributed by atoms with Crippen LogP contribution in [0.4, 0.5) is 0 Å². The molecule has 0 aromatic heterocycles. The first kappa shape index (κ1) is 45.3. The largest absolute Gasteiger partial charge is 0.481 e. The topological polar surface area (TPSA) is 236 Å². The third-order valence-electron chi connectivity index (χ3n) is 9.36. The maximum Gasteiger partial charge on any atom is 0.333 e. The first-order valence-corrected chi connectivity index (χ1v) is 17.5. The Morgan fingerprint density at radius 1 is 0.537 bits per heavy atom. The molecule has 2 saturated carbocycles. The van der Waals surface area contributed by atoms with Crippen LogP contribution < -0.4 is 0 Å². The summed E-state index contributed by atoms with van der Waals surface area (Å²) in [5.41, 5.74) is 0.313. The zero-order valence-corrected chi connectivity index (χ0v) is 31.2. The molecule has 0 radical (unpaired) electrons. The van der Waals surface area contributed by atoms with Gasteiger partial charge in [-0.15, -0.1) is 0 Å². The molecule has 300 valence electrons. The van der Waals surface area contributed by atoms with Gasteiger partial charge in [0.25, 0.3) is 0 Å². The van der Waals surface area contributed by atoms with Gasteiger partial charge < -0.3 is 43.7 Å². The van der Waals surface area contributed by atoms with Crippen LogP contribution in [0.2, 0.25) is 0 Å². The van der Waals surface area contributed by atoms with Crippen LogP contribution in [0, 0.1) is 35.5 Å². The Kier molecular flexibility index (Phi) is 17.8. The number of ether oxygens (including phenoxy) is 6. The predicted molar refractivity (Wildman–Crippen MR) is 187 cm³/mol. The molecule has 0 amide bonds. The lowest BCUT2D eigenvalue weighted by atomic mass is 9.63. The molecule has 0 heterocycles. The lowest BCUT2D eigenvalue weighted by molar-refractivity contribution is -0.180. The summed E-state index contributed by atoms with van der Waals surface area (Å²) < 4.78 is 31.6. The van der Waals surface area contributed by atoms with Gasteiger partial charge in [-0.2, -0.15) is 0 Å². The SMILES string of the molecule is C=C(C)C(=O)OCC(COC(=O)C(=C)C)OC(=O)C1CC(C2CCC(C(=O)OC(COC(=O)C(=C)C)COC(=O)C(=C)C)C(C(O)O)C2)CCC1C(=O)O. The Balaban J connectivity index is 2.21. The van der Waals surface area contributed by atoms with Crippen molar-refractivity contribution < 1.29 is 77.3 Å². The number of carboxylic acid groups (broad SMARTS) is 1. The molecule has 0 bridgehead atoms. The summed E-state index contributed by atoms with van der Waals surface area (Å²) in [6.45, 7) is 17.7. The fourth-order valence-electron chi connectivity index (χ4n) is 6.38. The lowest BCUT2D eigenvalue weighted by Gasteiger charge is -2.42. The van der Waals surface area contributed by atoms with Crippen molar-refractivity contribution in [3.63, 3.8) is 0 Å². The minimum absolute atomic E-state index is 0.0535. The van der Waals surface area contributed by atoms with E-state index in [0.29, 0.717) is 12.8 Å². The van der Waals surface area contributed by atoms with Crippen molar-refractivity contribution in [2.24, 2.45) is 35.5 Å². The summed E-state index contributed by atoms with van der Waals surface area (Å²) in [5, 5.41) is 30.7. The molecule has 2 aliphatic carbocycles. The highest BCUT2D eigenvalue weighted by Crippen LogP contribution is 2.46. The Morgan fingerprint density at radius 2 is 0.870 bits per heavy atom. The molecule has 6 unspecified atom stereocenters. The van der Waals surface area contributed by atoms with Gasteiger partial charge in [0.05, 0.1) is 17.8 Å². The number of aliphatic hydroxyl groups excluding tert-OH is 1. The summed E-state index contributed by atoms with van der Waals surface area (Å²) in [4.78, 5) is 87.3. The van der Waals surface area contributed by atoms with Crippen molar-refractivity contribution >= 4 is 41.8 Å². The second-order valence-corrected chi connectivity index (χ2v) is 14.0. The second kappa shape index (κ2) is 21.2. The van der Waals surface area contributed by atoms with Crippen LogP contribution in [0.5, 0.6) is 0 Å². The molecule has 2 fully saturated rings. The van der Waals surface area contributed by atoms with Crippen LogP contribution >= 0.6 is 0 Å². The fourth-order valence-corrected chi connectivity index (χ4v) is 6.38. The number of hydrogen-bond donors (Lipinski definition) is 3. The number of esters is 6. The van der Waals surface area contributed by atoms with Crippen molar-refractivity contribution in [2.75, 3.05) is 26.4 Å². The van der Waals surface area contributed by atoms with Gasteiger partial charge in [0.15, 0.2) is 18.5 Å². The standard InChI is InChI=1S/C38H52O16/c1-19(2)33(43)49-15-25(16-50-34(44)20(3)4)53-37(47)28-12-10-23(13-29(28)32(41)42)24-9-11-27(31(39)40)30(14-24)38(48)54-26(17-51-35(45)21(5)6)18-52-36(46)22(7)8/h23-30,32,41-42H,1,3,5,7,9-18H2,2,4,6,8H3,(H,39,40). The van der Waals surface area contributed by atoms with E-state index < -0.39 is 110 Å². The number of aliphatic carboxylic acids is 1. The van der Waals surface area contributed by atoms with Gasteiger partial charge in [-0.3, -0.25) is 14.4 Å². The van der Waals surface area contributed by atoms with Crippen LogP contribution in [-0.2, 0) is 62.0 Å². The maximum atomic E-state index is 13.6. The van der Waals surface area contributed by atoms with Crippen LogP contribution in [0.25, 0.3) is 0 Å². The molecule has 16 nitrogen and oxygen atoms in total. The van der Waals surface area contributed by atoms with Crippen LogP contribution in [0.3, 0.4) is 0 Å². The monoisotopic (exact) mass is 764 g/mol. The predicted octanol–water partition coefficient (Wildman–Crippen LogP) is 2.75. The molecule has 0 saturated heterocycles. The fraction of sp³-hybridized carbons (Fsp3) is 0.605. The van der Waals surface area contributed by atoms with E-state index in [0.717, 1.165) is 0 Å². The quantitative estimate of drug-likeness (QED) is 0.0742. The van der Waals surface area contributed by atoms with E-state index in [1.54, 1.807) is 0 Å². The van der Waals surface area contributed by atoms with E-state index in [1.807, 2.05) is 0 Å². The molecule has 0 aromatic rings. The van der Waals surface area contributed by atoms with Gasteiger partial charge in [-0.25, -0.2) is 19.2 Å². The number of carbonyl (C=O) groups excluding carboxylic acids is 6. The van der Waals surface area contributed by atoms with E-state index in [2.05, 4.69) is 26.3 Å². The van der Waals surface area contributed by atoms with Gasteiger partial charge >= 0.3 is 41.8 Å². The minimum Gasteiger partial charge on any atom is -0.481 e. The first-order chi connectivity index (χ1) is 25.2. The summed E-state index contributed by atoms with van der Waals surface area (Å²) >= 11 is 0. The smallest absolute Gasteiger partial charge is 0.333 e. The summed E-state index contributed by atoms with van der Waals surface area (Å²) in [7, 11) is 0. The van der Waals surface area contributed by atoms with Crippen molar-refractivity contribution in [1.29, 1.82) is 0 Å².